The SMILES string of the molecule is CC(C)(SCCC[SiH2]O[SiH3])c1ccccc1. The fraction of sp³-hybridized carbons (Fsp3) is 0.500. The third-order valence-electron chi connectivity index (χ3n) is 2.67. The first-order chi connectivity index (χ1) is 7.67. The van der Waals surface area contributed by atoms with Crippen LogP contribution in [0.5, 0.6) is 0 Å². The fourth-order valence-electron chi connectivity index (χ4n) is 1.60. The maximum atomic E-state index is 5.33. The van der Waals surface area contributed by atoms with Crippen LogP contribution in [0.2, 0.25) is 6.04 Å². The van der Waals surface area contributed by atoms with Crippen molar-refractivity contribution in [3.63, 3.8) is 0 Å². The van der Waals surface area contributed by atoms with Gasteiger partial charge in [0.2, 0.25) is 0 Å². The molecule has 1 aromatic rings. The van der Waals surface area contributed by atoms with Crippen LogP contribution in [0, 0.1) is 0 Å². The Kier molecular flexibility index (Phi) is 6.42. The minimum absolute atomic E-state index is 0.157. The highest BCUT2D eigenvalue weighted by molar-refractivity contribution is 8.00. The fourth-order valence-corrected chi connectivity index (χ4v) is 4.73. The highest BCUT2D eigenvalue weighted by Gasteiger charge is 2.19. The summed E-state index contributed by atoms with van der Waals surface area (Å²) in [5, 5.41) is 0. The summed E-state index contributed by atoms with van der Waals surface area (Å²) in [6.07, 6.45) is 1.31. The second-order valence-corrected chi connectivity index (χ2v) is 9.57. The van der Waals surface area contributed by atoms with Gasteiger partial charge in [0.15, 0.2) is 0 Å². The molecule has 0 aliphatic carbocycles. The molecule has 0 heterocycles. The maximum Gasteiger partial charge on any atom is 0.145 e. The third kappa shape index (κ3) is 4.86. The molecular formula is C12H22OSSi2. The highest BCUT2D eigenvalue weighted by Crippen LogP contribution is 2.35. The van der Waals surface area contributed by atoms with Crippen LogP contribution in [-0.2, 0) is 8.86 Å². The molecule has 0 aromatic heterocycles. The predicted molar refractivity (Wildman–Crippen MR) is 80.9 cm³/mol. The predicted octanol–water partition coefficient (Wildman–Crippen LogP) is 1.84. The van der Waals surface area contributed by atoms with E-state index >= 15 is 0 Å². The number of hydrogen-bond donors (Lipinski definition) is 0. The van der Waals surface area contributed by atoms with Crippen molar-refractivity contribution in [1.82, 2.24) is 0 Å². The van der Waals surface area contributed by atoms with E-state index < -0.39 is 0 Å². The first kappa shape index (κ1) is 14.0. The minimum atomic E-state index is -0.157. The normalized spacial score (nSPS) is 12.6. The van der Waals surface area contributed by atoms with E-state index in [1.807, 2.05) is 0 Å². The number of rotatable bonds is 7. The Balaban J connectivity index is 2.35. The van der Waals surface area contributed by atoms with Gasteiger partial charge in [-0.3, -0.25) is 0 Å². The topological polar surface area (TPSA) is 9.23 Å². The average Bonchev–Trinajstić information content (AvgIpc) is 2.30. The van der Waals surface area contributed by atoms with E-state index in [1.165, 1.54) is 23.8 Å². The monoisotopic (exact) mass is 270 g/mol. The number of thioether (sulfide) groups is 1. The van der Waals surface area contributed by atoms with Gasteiger partial charge < -0.3 is 4.12 Å². The van der Waals surface area contributed by atoms with Gasteiger partial charge in [0.05, 0.1) is 0 Å². The summed E-state index contributed by atoms with van der Waals surface area (Å²) in [7, 11) is 0.777. The summed E-state index contributed by atoms with van der Waals surface area (Å²) in [5.74, 6) is 1.25. The molecule has 4 heteroatoms. The van der Waals surface area contributed by atoms with Crippen molar-refractivity contribution in [2.45, 2.75) is 31.1 Å². The zero-order valence-electron chi connectivity index (χ0n) is 10.5. The average molecular weight is 271 g/mol. The Hall–Kier alpha value is -0.0362. The third-order valence-corrected chi connectivity index (χ3v) is 6.55. The van der Waals surface area contributed by atoms with E-state index in [4.69, 9.17) is 4.12 Å². The van der Waals surface area contributed by atoms with Crippen LogP contribution in [0.15, 0.2) is 30.3 Å². The molecule has 0 aliphatic rings. The van der Waals surface area contributed by atoms with Crippen molar-refractivity contribution in [2.75, 3.05) is 5.75 Å². The van der Waals surface area contributed by atoms with E-state index in [-0.39, 0.29) is 14.5 Å². The summed E-state index contributed by atoms with van der Waals surface area (Å²) < 4.78 is 5.57. The molecule has 1 aromatic carbocycles. The first-order valence-electron chi connectivity index (χ1n) is 5.85. The Morgan fingerprint density at radius 1 is 1.31 bits per heavy atom. The number of hydrogen-bond acceptors (Lipinski definition) is 2. The summed E-state index contributed by atoms with van der Waals surface area (Å²) in [6.45, 7) is 4.63. The lowest BCUT2D eigenvalue weighted by Gasteiger charge is -2.24. The van der Waals surface area contributed by atoms with Crippen molar-refractivity contribution in [2.24, 2.45) is 0 Å². The molecule has 0 saturated heterocycles. The van der Waals surface area contributed by atoms with Crippen LogP contribution in [0.4, 0.5) is 0 Å². The zero-order chi connectivity index (χ0) is 11.9. The van der Waals surface area contributed by atoms with Crippen molar-refractivity contribution < 1.29 is 4.12 Å². The Morgan fingerprint density at radius 3 is 2.62 bits per heavy atom. The van der Waals surface area contributed by atoms with Gasteiger partial charge >= 0.3 is 0 Å². The standard InChI is InChI=1S/C12H22OSSi2/c1-12(2,11-7-4-3-5-8-11)14-9-6-10-16-13-15/h3-5,7-8H,6,9-10,16H2,1-2,15H3. The van der Waals surface area contributed by atoms with Crippen LogP contribution in [0.3, 0.4) is 0 Å². The lowest BCUT2D eigenvalue weighted by molar-refractivity contribution is 0.657. The zero-order valence-corrected chi connectivity index (χ0v) is 14.8. The molecule has 1 rings (SSSR count). The molecule has 0 amide bonds. The van der Waals surface area contributed by atoms with Gasteiger partial charge in [-0.15, -0.1) is 0 Å². The summed E-state index contributed by atoms with van der Waals surface area (Å²) >= 11 is 2.06. The lowest BCUT2D eigenvalue weighted by atomic mass is 10.0. The smallest absolute Gasteiger partial charge is 0.145 e. The van der Waals surface area contributed by atoms with Crippen LogP contribution in [0.25, 0.3) is 0 Å². The van der Waals surface area contributed by atoms with Gasteiger partial charge in [-0.05, 0) is 37.6 Å². The Labute approximate surface area is 109 Å². The van der Waals surface area contributed by atoms with Crippen molar-refractivity contribution in [3.05, 3.63) is 35.9 Å². The second kappa shape index (κ2) is 7.32. The first-order valence-corrected chi connectivity index (χ1v) is 9.23. The molecule has 0 unspecified atom stereocenters. The lowest BCUT2D eigenvalue weighted by Crippen LogP contribution is -2.12. The Morgan fingerprint density at radius 2 is 2.00 bits per heavy atom. The molecule has 0 N–H and O–H groups in total. The van der Waals surface area contributed by atoms with Crippen LogP contribution < -0.4 is 0 Å². The molecule has 0 atom stereocenters. The second-order valence-electron chi connectivity index (χ2n) is 4.42. The molecular weight excluding hydrogens is 248 g/mol. The quantitative estimate of drug-likeness (QED) is 0.552. The van der Waals surface area contributed by atoms with Gasteiger partial charge in [-0.2, -0.15) is 11.8 Å². The summed E-state index contributed by atoms with van der Waals surface area (Å²) in [5.41, 5.74) is 1.43. The summed E-state index contributed by atoms with van der Waals surface area (Å²) in [4.78, 5) is 0. The molecule has 16 heavy (non-hydrogen) atoms. The van der Waals surface area contributed by atoms with Crippen molar-refractivity contribution in [1.29, 1.82) is 0 Å². The van der Waals surface area contributed by atoms with E-state index in [0.29, 0.717) is 0 Å². The molecule has 0 bridgehead atoms. The molecule has 0 saturated carbocycles. The van der Waals surface area contributed by atoms with E-state index in [9.17, 15) is 0 Å². The molecule has 0 fully saturated rings. The largest absolute Gasteiger partial charge is 0.468 e. The number of benzene rings is 1. The van der Waals surface area contributed by atoms with E-state index in [2.05, 4.69) is 55.9 Å². The molecule has 1 nitrogen and oxygen atoms in total. The van der Waals surface area contributed by atoms with E-state index in [0.717, 1.165) is 10.5 Å². The van der Waals surface area contributed by atoms with Crippen LogP contribution in [0.1, 0.15) is 25.8 Å². The molecule has 0 radical (unpaired) electrons. The summed E-state index contributed by atoms with van der Waals surface area (Å²) in [6, 6.07) is 12.1. The molecule has 90 valence electrons. The highest BCUT2D eigenvalue weighted by atomic mass is 32.2. The van der Waals surface area contributed by atoms with Crippen molar-refractivity contribution in [3.8, 4) is 0 Å². The van der Waals surface area contributed by atoms with Gasteiger partial charge in [-0.1, -0.05) is 30.3 Å². The Bertz CT molecular complexity index is 290. The molecule has 0 spiro atoms. The maximum absolute atomic E-state index is 5.33. The minimum Gasteiger partial charge on any atom is -0.468 e. The molecule has 0 aliphatic heterocycles. The van der Waals surface area contributed by atoms with Crippen LogP contribution in [-0.4, -0.2) is 26.0 Å². The van der Waals surface area contributed by atoms with E-state index in [1.54, 1.807) is 0 Å². The van der Waals surface area contributed by atoms with Gasteiger partial charge in [-0.25, -0.2) is 0 Å². The van der Waals surface area contributed by atoms with Crippen molar-refractivity contribution >= 4 is 32.0 Å². The van der Waals surface area contributed by atoms with Crippen LogP contribution >= 0.6 is 11.8 Å². The van der Waals surface area contributed by atoms with Gasteiger partial charge in [0.25, 0.3) is 0 Å². The van der Waals surface area contributed by atoms with Gasteiger partial charge in [0.1, 0.15) is 20.2 Å². The van der Waals surface area contributed by atoms with Gasteiger partial charge in [0, 0.05) is 4.75 Å².